The molecule has 1 fully saturated rings. The van der Waals surface area contributed by atoms with Crippen LogP contribution in [0.1, 0.15) is 38.5 Å². The Labute approximate surface area is 92.7 Å². The predicted octanol–water partition coefficient (Wildman–Crippen LogP) is 3.22. The van der Waals surface area contributed by atoms with E-state index in [0.717, 1.165) is 24.3 Å². The third kappa shape index (κ3) is 4.05. The van der Waals surface area contributed by atoms with Crippen molar-refractivity contribution in [3.63, 3.8) is 0 Å². The van der Waals surface area contributed by atoms with E-state index < -0.39 is 0 Å². The fourth-order valence-corrected chi connectivity index (χ4v) is 3.11. The Morgan fingerprint density at radius 1 is 1.43 bits per heavy atom. The molecule has 82 valence electrons. The second-order valence-corrected chi connectivity index (χ2v) is 5.13. The van der Waals surface area contributed by atoms with Crippen molar-refractivity contribution in [1.82, 2.24) is 5.32 Å². The van der Waals surface area contributed by atoms with Crippen molar-refractivity contribution >= 4 is 11.8 Å². The lowest BCUT2D eigenvalue weighted by Gasteiger charge is -2.31. The van der Waals surface area contributed by atoms with Crippen molar-refractivity contribution in [2.24, 2.45) is 0 Å². The van der Waals surface area contributed by atoms with Crippen LogP contribution in [0, 0.1) is 0 Å². The number of rotatable bonds is 6. The van der Waals surface area contributed by atoms with Gasteiger partial charge in [0.2, 0.25) is 0 Å². The fraction of sp³-hybridized carbons (Fsp3) is 0.833. The third-order valence-electron chi connectivity index (χ3n) is 3.00. The summed E-state index contributed by atoms with van der Waals surface area (Å²) in [6.45, 7) is 4.90. The second-order valence-electron chi connectivity index (χ2n) is 4.05. The molecule has 0 bridgehead atoms. The first kappa shape index (κ1) is 12.1. The van der Waals surface area contributed by atoms with Gasteiger partial charge >= 0.3 is 0 Å². The molecule has 0 aromatic rings. The molecule has 1 nitrogen and oxygen atoms in total. The van der Waals surface area contributed by atoms with Crippen LogP contribution in [-0.4, -0.2) is 24.1 Å². The molecule has 0 aromatic heterocycles. The molecule has 0 amide bonds. The molecule has 1 saturated carbocycles. The van der Waals surface area contributed by atoms with Crippen molar-refractivity contribution in [3.05, 3.63) is 12.7 Å². The zero-order valence-corrected chi connectivity index (χ0v) is 10.1. The summed E-state index contributed by atoms with van der Waals surface area (Å²) in [5.41, 5.74) is 0. The summed E-state index contributed by atoms with van der Waals surface area (Å²) in [4.78, 5) is 0. The average molecular weight is 213 g/mol. The third-order valence-corrected chi connectivity index (χ3v) is 4.17. The largest absolute Gasteiger partial charge is 0.313 e. The molecule has 0 heterocycles. The molecule has 2 unspecified atom stereocenters. The first-order chi connectivity index (χ1) is 6.88. The summed E-state index contributed by atoms with van der Waals surface area (Å²) in [5.74, 6) is 0. The Morgan fingerprint density at radius 2 is 2.21 bits per heavy atom. The zero-order valence-electron chi connectivity index (χ0n) is 9.30. The van der Waals surface area contributed by atoms with Gasteiger partial charge in [-0.25, -0.2) is 0 Å². The van der Waals surface area contributed by atoms with Crippen LogP contribution in [-0.2, 0) is 0 Å². The topological polar surface area (TPSA) is 12.0 Å². The molecule has 1 rings (SSSR count). The lowest BCUT2D eigenvalue weighted by molar-refractivity contribution is 0.383. The fourth-order valence-electron chi connectivity index (χ4n) is 2.15. The van der Waals surface area contributed by atoms with Crippen LogP contribution in [0.15, 0.2) is 12.7 Å². The van der Waals surface area contributed by atoms with E-state index in [1.807, 2.05) is 17.8 Å². The molecule has 1 N–H and O–H groups in total. The number of nitrogens with one attached hydrogen (secondary N) is 1. The SMILES string of the molecule is C=CCCCNC1CCCCC1SC. The maximum atomic E-state index is 3.74. The molecule has 1 aliphatic carbocycles. The van der Waals surface area contributed by atoms with E-state index in [4.69, 9.17) is 0 Å². The van der Waals surface area contributed by atoms with Gasteiger partial charge in [0.05, 0.1) is 0 Å². The molecule has 0 radical (unpaired) electrons. The summed E-state index contributed by atoms with van der Waals surface area (Å²) < 4.78 is 0. The highest BCUT2D eigenvalue weighted by atomic mass is 32.2. The van der Waals surface area contributed by atoms with E-state index in [1.165, 1.54) is 32.1 Å². The van der Waals surface area contributed by atoms with E-state index in [2.05, 4.69) is 18.2 Å². The lowest BCUT2D eigenvalue weighted by Crippen LogP contribution is -2.40. The second kappa shape index (κ2) is 7.36. The molecule has 0 aliphatic heterocycles. The molecule has 2 heteroatoms. The minimum Gasteiger partial charge on any atom is -0.313 e. The smallest absolute Gasteiger partial charge is 0.0198 e. The van der Waals surface area contributed by atoms with E-state index >= 15 is 0 Å². The minimum atomic E-state index is 0.767. The van der Waals surface area contributed by atoms with Crippen LogP contribution in [0.25, 0.3) is 0 Å². The Hall–Kier alpha value is 0.0500. The summed E-state index contributed by atoms with van der Waals surface area (Å²) >= 11 is 2.03. The van der Waals surface area contributed by atoms with Crippen LogP contribution < -0.4 is 5.32 Å². The minimum absolute atomic E-state index is 0.767. The maximum Gasteiger partial charge on any atom is 0.0198 e. The Bertz CT molecular complexity index is 158. The van der Waals surface area contributed by atoms with E-state index in [0.29, 0.717) is 0 Å². The predicted molar refractivity (Wildman–Crippen MR) is 67.0 cm³/mol. The molecule has 2 atom stereocenters. The number of hydrogen-bond acceptors (Lipinski definition) is 2. The molecule has 0 saturated heterocycles. The van der Waals surface area contributed by atoms with Crippen molar-refractivity contribution in [3.8, 4) is 0 Å². The Morgan fingerprint density at radius 3 is 2.93 bits per heavy atom. The summed E-state index contributed by atoms with van der Waals surface area (Å²) in [7, 11) is 0. The zero-order chi connectivity index (χ0) is 10.2. The number of thioether (sulfide) groups is 1. The van der Waals surface area contributed by atoms with Crippen LogP contribution in [0.5, 0.6) is 0 Å². The molecule has 0 aromatic carbocycles. The number of allylic oxidation sites excluding steroid dienone is 1. The van der Waals surface area contributed by atoms with Gasteiger partial charge in [-0.05, 0) is 38.5 Å². The lowest BCUT2D eigenvalue weighted by atomic mass is 9.95. The molecule has 14 heavy (non-hydrogen) atoms. The number of hydrogen-bond donors (Lipinski definition) is 1. The van der Waals surface area contributed by atoms with Gasteiger partial charge in [0.25, 0.3) is 0 Å². The van der Waals surface area contributed by atoms with Crippen molar-refractivity contribution in [1.29, 1.82) is 0 Å². The van der Waals surface area contributed by atoms with Crippen LogP contribution in [0.2, 0.25) is 0 Å². The average Bonchev–Trinajstić information content (AvgIpc) is 2.25. The summed E-state index contributed by atoms with van der Waals surface area (Å²) in [6.07, 6.45) is 12.3. The Balaban J connectivity index is 2.16. The van der Waals surface area contributed by atoms with Gasteiger partial charge in [-0.1, -0.05) is 18.9 Å². The maximum absolute atomic E-state index is 3.74. The van der Waals surface area contributed by atoms with Gasteiger partial charge in [0, 0.05) is 11.3 Å². The van der Waals surface area contributed by atoms with Crippen molar-refractivity contribution < 1.29 is 0 Å². The quantitative estimate of drug-likeness (QED) is 0.537. The van der Waals surface area contributed by atoms with Gasteiger partial charge in [-0.2, -0.15) is 11.8 Å². The van der Waals surface area contributed by atoms with Crippen molar-refractivity contribution in [2.75, 3.05) is 12.8 Å². The molecular weight excluding hydrogens is 190 g/mol. The van der Waals surface area contributed by atoms with E-state index in [-0.39, 0.29) is 0 Å². The van der Waals surface area contributed by atoms with E-state index in [9.17, 15) is 0 Å². The summed E-state index contributed by atoms with van der Waals surface area (Å²) in [5, 5.41) is 4.54. The monoisotopic (exact) mass is 213 g/mol. The standard InChI is InChI=1S/C12H23NS/c1-3-4-7-10-13-11-8-5-6-9-12(11)14-2/h3,11-13H,1,4-10H2,2H3. The van der Waals surface area contributed by atoms with Gasteiger partial charge in [-0.3, -0.25) is 0 Å². The van der Waals surface area contributed by atoms with Crippen LogP contribution in [0.3, 0.4) is 0 Å². The highest BCUT2D eigenvalue weighted by Crippen LogP contribution is 2.26. The van der Waals surface area contributed by atoms with Crippen LogP contribution in [0.4, 0.5) is 0 Å². The van der Waals surface area contributed by atoms with Crippen LogP contribution >= 0.6 is 11.8 Å². The van der Waals surface area contributed by atoms with Gasteiger partial charge < -0.3 is 5.32 Å². The van der Waals surface area contributed by atoms with E-state index in [1.54, 1.807) is 0 Å². The van der Waals surface area contributed by atoms with Gasteiger partial charge in [-0.15, -0.1) is 6.58 Å². The molecule has 1 aliphatic rings. The first-order valence-corrected chi connectivity index (χ1v) is 7.04. The normalized spacial score (nSPS) is 27.5. The summed E-state index contributed by atoms with van der Waals surface area (Å²) in [6, 6.07) is 0.767. The van der Waals surface area contributed by atoms with Crippen molar-refractivity contribution in [2.45, 2.75) is 49.8 Å². The Kier molecular flexibility index (Phi) is 6.37. The first-order valence-electron chi connectivity index (χ1n) is 5.75. The molecular formula is C12H23NS. The highest BCUT2D eigenvalue weighted by molar-refractivity contribution is 7.99. The van der Waals surface area contributed by atoms with Gasteiger partial charge in [0.1, 0.15) is 0 Å². The van der Waals surface area contributed by atoms with Gasteiger partial charge in [0.15, 0.2) is 0 Å². The molecule has 0 spiro atoms. The number of unbranched alkanes of at least 4 members (excludes halogenated alkanes) is 1. The highest BCUT2D eigenvalue weighted by Gasteiger charge is 2.23.